The Balaban J connectivity index is 0.00000500. The molecule has 0 aromatic heterocycles. The molecule has 11 heteroatoms. The SMILES string of the molecule is CCCCN1C(=O)[C@@H](CC2(O)CCCCC2)NC(=O)C12CCN(Cc1ccc(CNC(=O)c3ccc(C(=O)NC)cc3)cc1)CC2.Cl. The van der Waals surface area contributed by atoms with Gasteiger partial charge in [0.1, 0.15) is 11.6 Å². The first kappa shape index (κ1) is 36.4. The van der Waals surface area contributed by atoms with E-state index in [4.69, 9.17) is 0 Å². The Morgan fingerprint density at radius 2 is 1.49 bits per heavy atom. The van der Waals surface area contributed by atoms with Crippen molar-refractivity contribution < 1.29 is 24.3 Å². The van der Waals surface area contributed by atoms with Gasteiger partial charge in [0, 0.05) is 57.3 Å². The van der Waals surface area contributed by atoms with E-state index in [0.717, 1.165) is 49.8 Å². The van der Waals surface area contributed by atoms with E-state index in [1.807, 2.05) is 17.0 Å². The summed E-state index contributed by atoms with van der Waals surface area (Å²) in [6, 6.07) is 14.0. The van der Waals surface area contributed by atoms with Gasteiger partial charge in [-0.25, -0.2) is 0 Å². The van der Waals surface area contributed by atoms with E-state index in [1.54, 1.807) is 31.3 Å². The molecule has 2 heterocycles. The third-order valence-electron chi connectivity index (χ3n) is 10.1. The molecule has 4 amide bonds. The molecule has 10 nitrogen and oxygen atoms in total. The second kappa shape index (κ2) is 16.1. The van der Waals surface area contributed by atoms with Crippen LogP contribution in [0.1, 0.15) is 103 Å². The maximum absolute atomic E-state index is 13.8. The van der Waals surface area contributed by atoms with Crippen LogP contribution in [-0.4, -0.2) is 82.4 Å². The molecule has 3 fully saturated rings. The quantitative estimate of drug-likeness (QED) is 0.287. The summed E-state index contributed by atoms with van der Waals surface area (Å²) in [6.45, 7) is 5.19. The first-order valence-corrected chi connectivity index (χ1v) is 16.9. The van der Waals surface area contributed by atoms with Crippen LogP contribution in [0, 0.1) is 0 Å². The molecule has 0 unspecified atom stereocenters. The summed E-state index contributed by atoms with van der Waals surface area (Å²) < 4.78 is 0. The van der Waals surface area contributed by atoms with Gasteiger partial charge in [0.25, 0.3) is 11.8 Å². The third kappa shape index (κ3) is 8.52. The largest absolute Gasteiger partial charge is 0.390 e. The van der Waals surface area contributed by atoms with Crippen LogP contribution in [0.2, 0.25) is 0 Å². The van der Waals surface area contributed by atoms with Gasteiger partial charge in [-0.15, -0.1) is 12.4 Å². The van der Waals surface area contributed by atoms with Crippen LogP contribution in [0.25, 0.3) is 0 Å². The summed E-state index contributed by atoms with van der Waals surface area (Å²) in [7, 11) is 1.57. The average molecular weight is 668 g/mol. The number of nitrogens with zero attached hydrogens (tertiary/aromatic N) is 2. The summed E-state index contributed by atoms with van der Waals surface area (Å²) >= 11 is 0. The highest BCUT2D eigenvalue weighted by atomic mass is 35.5. The number of unbranched alkanes of at least 4 members (excludes halogenated alkanes) is 1. The Kier molecular flexibility index (Phi) is 12.4. The van der Waals surface area contributed by atoms with Crippen LogP contribution in [0.3, 0.4) is 0 Å². The van der Waals surface area contributed by atoms with Gasteiger partial charge >= 0.3 is 0 Å². The number of halogens is 1. The van der Waals surface area contributed by atoms with E-state index >= 15 is 0 Å². The minimum absolute atomic E-state index is 0. The Morgan fingerprint density at radius 3 is 2.09 bits per heavy atom. The first-order chi connectivity index (χ1) is 22.2. The van der Waals surface area contributed by atoms with Crippen molar-refractivity contribution >= 4 is 36.0 Å². The molecule has 3 aliphatic rings. The van der Waals surface area contributed by atoms with Gasteiger partial charge < -0.3 is 26.0 Å². The van der Waals surface area contributed by atoms with Gasteiger partial charge in [0.15, 0.2) is 0 Å². The lowest BCUT2D eigenvalue weighted by molar-refractivity contribution is -0.163. The van der Waals surface area contributed by atoms with Gasteiger partial charge in [0.2, 0.25) is 11.8 Å². The van der Waals surface area contributed by atoms with E-state index in [1.165, 1.54) is 0 Å². The van der Waals surface area contributed by atoms with Gasteiger partial charge in [-0.1, -0.05) is 56.9 Å². The third-order valence-corrected chi connectivity index (χ3v) is 10.1. The highest BCUT2D eigenvalue weighted by Gasteiger charge is 2.54. The predicted molar refractivity (Wildman–Crippen MR) is 183 cm³/mol. The number of carbonyl (C=O) groups is 4. The van der Waals surface area contributed by atoms with Crippen LogP contribution in [0.5, 0.6) is 0 Å². The molecule has 1 aliphatic carbocycles. The van der Waals surface area contributed by atoms with Crippen LogP contribution in [0.15, 0.2) is 48.5 Å². The highest BCUT2D eigenvalue weighted by molar-refractivity contribution is 6.00. The molecule has 2 aliphatic heterocycles. The van der Waals surface area contributed by atoms with Crippen molar-refractivity contribution in [1.29, 1.82) is 0 Å². The van der Waals surface area contributed by atoms with Crippen molar-refractivity contribution in [3.8, 4) is 0 Å². The number of nitrogens with one attached hydrogen (secondary N) is 3. The van der Waals surface area contributed by atoms with Crippen molar-refractivity contribution in [1.82, 2.24) is 25.8 Å². The minimum atomic E-state index is -0.877. The summed E-state index contributed by atoms with van der Waals surface area (Å²) in [4.78, 5) is 56.1. The van der Waals surface area contributed by atoms with Gasteiger partial charge in [-0.3, -0.25) is 24.1 Å². The molecular formula is C36H50ClN5O5. The number of hydrogen-bond donors (Lipinski definition) is 4. The normalized spacial score (nSPS) is 20.7. The number of hydrogen-bond acceptors (Lipinski definition) is 6. The van der Waals surface area contributed by atoms with Gasteiger partial charge in [-0.2, -0.15) is 0 Å². The Morgan fingerprint density at radius 1 is 0.894 bits per heavy atom. The Bertz CT molecular complexity index is 1390. The Hall–Kier alpha value is -3.47. The number of benzene rings is 2. The molecule has 0 radical (unpaired) electrons. The fraction of sp³-hybridized carbons (Fsp3) is 0.556. The van der Waals surface area contributed by atoms with Crippen molar-refractivity contribution in [2.45, 2.75) is 101 Å². The van der Waals surface area contributed by atoms with Gasteiger partial charge in [0.05, 0.1) is 5.60 Å². The topological polar surface area (TPSA) is 131 Å². The van der Waals surface area contributed by atoms with Crippen molar-refractivity contribution in [2.24, 2.45) is 0 Å². The van der Waals surface area contributed by atoms with Crippen LogP contribution >= 0.6 is 12.4 Å². The number of carbonyl (C=O) groups excluding carboxylic acids is 4. The lowest BCUT2D eigenvalue weighted by Crippen LogP contribution is -2.73. The highest BCUT2D eigenvalue weighted by Crippen LogP contribution is 2.37. The molecule has 5 rings (SSSR count). The van der Waals surface area contributed by atoms with Crippen LogP contribution < -0.4 is 16.0 Å². The Labute approximate surface area is 284 Å². The number of piperazine rings is 1. The molecule has 1 saturated carbocycles. The smallest absolute Gasteiger partial charge is 0.251 e. The summed E-state index contributed by atoms with van der Waals surface area (Å²) in [5.74, 6) is -0.506. The monoisotopic (exact) mass is 667 g/mol. The van der Waals surface area contributed by atoms with Gasteiger partial charge in [-0.05, 0) is 67.5 Å². The van der Waals surface area contributed by atoms with E-state index in [9.17, 15) is 24.3 Å². The molecule has 2 saturated heterocycles. The number of aliphatic hydroxyl groups is 1. The molecule has 2 aromatic carbocycles. The lowest BCUT2D eigenvalue weighted by atomic mass is 9.77. The zero-order valence-corrected chi connectivity index (χ0v) is 28.5. The summed E-state index contributed by atoms with van der Waals surface area (Å²) in [5.41, 5.74) is 1.40. The molecule has 2 aromatic rings. The fourth-order valence-corrected chi connectivity index (χ4v) is 7.25. The minimum Gasteiger partial charge on any atom is -0.390 e. The molecule has 4 N–H and O–H groups in total. The average Bonchev–Trinajstić information content (AvgIpc) is 3.07. The number of likely N-dealkylation sites (tertiary alicyclic amines) is 1. The van der Waals surface area contributed by atoms with Crippen LogP contribution in [0.4, 0.5) is 0 Å². The maximum atomic E-state index is 13.8. The maximum Gasteiger partial charge on any atom is 0.251 e. The van der Waals surface area contributed by atoms with E-state index in [2.05, 4.69) is 39.9 Å². The zero-order valence-electron chi connectivity index (χ0n) is 27.7. The molecule has 1 atom stereocenters. The lowest BCUT2D eigenvalue weighted by Gasteiger charge is -2.52. The molecule has 47 heavy (non-hydrogen) atoms. The van der Waals surface area contributed by atoms with Crippen molar-refractivity contribution in [2.75, 3.05) is 26.7 Å². The molecule has 0 bridgehead atoms. The number of piperidine rings is 1. The first-order valence-electron chi connectivity index (χ1n) is 16.9. The zero-order chi connectivity index (χ0) is 32.7. The number of amides is 4. The molecular weight excluding hydrogens is 618 g/mol. The van der Waals surface area contributed by atoms with E-state index < -0.39 is 17.2 Å². The second-order valence-corrected chi connectivity index (χ2v) is 13.3. The summed E-state index contributed by atoms with van der Waals surface area (Å²) in [6.07, 6.45) is 7.65. The summed E-state index contributed by atoms with van der Waals surface area (Å²) in [5, 5.41) is 19.7. The van der Waals surface area contributed by atoms with E-state index in [-0.39, 0.29) is 36.0 Å². The molecule has 256 valence electrons. The fourth-order valence-electron chi connectivity index (χ4n) is 7.25. The second-order valence-electron chi connectivity index (χ2n) is 13.3. The van der Waals surface area contributed by atoms with Crippen molar-refractivity contribution in [3.63, 3.8) is 0 Å². The standard InChI is InChI=1S/C36H49N5O5.ClH/c1-3-4-20-41-33(44)30(23-35(46)16-6-5-7-17-35)39-34(45)36(41)18-21-40(22-19-36)25-27-10-8-26(9-11-27)24-38-32(43)29-14-12-28(13-15-29)31(42)37-2;/h8-15,30,46H,3-7,16-25H2,1-2H3,(H,37,42)(H,38,43)(H,39,45);1H/t30-;/m1./s1. The van der Waals surface area contributed by atoms with Crippen molar-refractivity contribution in [3.05, 3.63) is 70.8 Å². The predicted octanol–water partition coefficient (Wildman–Crippen LogP) is 3.95. The van der Waals surface area contributed by atoms with Crippen LogP contribution in [-0.2, 0) is 22.7 Å². The van der Waals surface area contributed by atoms with E-state index in [0.29, 0.717) is 69.4 Å². The molecule has 1 spiro atoms. The number of rotatable bonds is 11.